The molecule has 2 aromatic rings. The lowest BCUT2D eigenvalue weighted by molar-refractivity contribution is -0.384. The number of aromatic nitrogens is 2. The number of piperazine rings is 1. The highest BCUT2D eigenvalue weighted by Gasteiger charge is 2.50. The van der Waals surface area contributed by atoms with Gasteiger partial charge in [0.05, 0.1) is 22.4 Å². The first-order valence-corrected chi connectivity index (χ1v) is 11.4. The summed E-state index contributed by atoms with van der Waals surface area (Å²) in [6.07, 6.45) is 5.70. The molecule has 1 aliphatic carbocycles. The molecule has 0 radical (unpaired) electrons. The second kappa shape index (κ2) is 8.42. The molecule has 10 nitrogen and oxygen atoms in total. The van der Waals surface area contributed by atoms with Crippen LogP contribution in [-0.4, -0.2) is 52.9 Å². The predicted octanol–water partition coefficient (Wildman–Crippen LogP) is 2.64. The van der Waals surface area contributed by atoms with Gasteiger partial charge in [0.15, 0.2) is 0 Å². The molecule has 2 aliphatic heterocycles. The molecule has 5 rings (SSSR count). The molecule has 33 heavy (non-hydrogen) atoms. The van der Waals surface area contributed by atoms with Gasteiger partial charge in [-0.1, -0.05) is 6.92 Å². The minimum Gasteiger partial charge on any atom is -0.362 e. The van der Waals surface area contributed by atoms with Crippen molar-refractivity contribution in [3.05, 3.63) is 46.8 Å². The maximum Gasteiger partial charge on any atom is 0.294 e. The Hall–Kier alpha value is -3.56. The Morgan fingerprint density at radius 1 is 0.970 bits per heavy atom. The minimum absolute atomic E-state index is 0.0965. The molecular weight excluding hydrogens is 424 g/mol. The second-order valence-electron chi connectivity index (χ2n) is 9.10. The number of hydrogen-bond donors (Lipinski definition) is 0. The Labute approximate surface area is 191 Å². The summed E-state index contributed by atoms with van der Waals surface area (Å²) in [6.45, 7) is 4.51. The molecule has 2 saturated heterocycles. The third-order valence-corrected chi connectivity index (χ3v) is 7.06. The van der Waals surface area contributed by atoms with Crippen LogP contribution < -0.4 is 14.7 Å². The van der Waals surface area contributed by atoms with Crippen molar-refractivity contribution >= 4 is 34.8 Å². The molecule has 0 unspecified atom stereocenters. The first kappa shape index (κ1) is 21.3. The number of carbonyl (C=O) groups is 2. The Balaban J connectivity index is 1.38. The van der Waals surface area contributed by atoms with E-state index in [2.05, 4.69) is 16.9 Å². The molecule has 3 aliphatic rings. The summed E-state index contributed by atoms with van der Waals surface area (Å²) >= 11 is 0. The minimum atomic E-state index is -0.439. The van der Waals surface area contributed by atoms with Gasteiger partial charge >= 0.3 is 0 Å². The lowest BCUT2D eigenvalue weighted by Gasteiger charge is -2.35. The van der Waals surface area contributed by atoms with Gasteiger partial charge in [-0.2, -0.15) is 0 Å². The van der Waals surface area contributed by atoms with Crippen molar-refractivity contribution < 1.29 is 14.5 Å². The number of anilines is 3. The van der Waals surface area contributed by atoms with Crippen molar-refractivity contribution in [2.75, 3.05) is 40.9 Å². The molecule has 0 bridgehead atoms. The number of nitrogens with zero attached hydrogens (tertiary/aromatic N) is 6. The fraction of sp³-hybridized carbons (Fsp3) is 0.478. The number of rotatable bonds is 4. The Kier molecular flexibility index (Phi) is 5.43. The summed E-state index contributed by atoms with van der Waals surface area (Å²) in [5.41, 5.74) is 0.682. The highest BCUT2D eigenvalue weighted by molar-refractivity contribution is 6.22. The number of carbonyl (C=O) groups excluding carboxylic acids is 2. The molecule has 172 valence electrons. The average Bonchev–Trinajstić information content (AvgIpc) is 3.08. The standard InChI is InChI=1S/C23H26N6O4/c1-15-3-5-17-18(13-15)22(31)28(21(17)30)16-4-6-19(20(14-16)29(32)33)26-9-11-27(12-10-26)23-24-7-2-8-25-23/h2,4,6-8,14-15,17-18H,3,5,9-13H2,1H3/t15-,17+,18+/m1/s1. The summed E-state index contributed by atoms with van der Waals surface area (Å²) in [6, 6.07) is 6.45. The Bertz CT molecular complexity index is 1090. The van der Waals surface area contributed by atoms with E-state index in [-0.39, 0.29) is 29.3 Å². The van der Waals surface area contributed by atoms with Crippen LogP contribution >= 0.6 is 0 Å². The van der Waals surface area contributed by atoms with Crippen LogP contribution in [-0.2, 0) is 9.59 Å². The smallest absolute Gasteiger partial charge is 0.294 e. The van der Waals surface area contributed by atoms with Crippen LogP contribution in [0.5, 0.6) is 0 Å². The molecule has 2 amide bonds. The van der Waals surface area contributed by atoms with Gasteiger partial charge in [0.1, 0.15) is 5.69 Å². The fourth-order valence-corrected chi connectivity index (χ4v) is 5.31. The van der Waals surface area contributed by atoms with Crippen molar-refractivity contribution in [2.24, 2.45) is 17.8 Å². The monoisotopic (exact) mass is 450 g/mol. The van der Waals surface area contributed by atoms with Crippen LogP contribution in [0.15, 0.2) is 36.7 Å². The van der Waals surface area contributed by atoms with E-state index in [9.17, 15) is 19.7 Å². The Morgan fingerprint density at radius 3 is 2.33 bits per heavy atom. The van der Waals surface area contributed by atoms with E-state index in [1.54, 1.807) is 30.6 Å². The molecule has 3 heterocycles. The Morgan fingerprint density at radius 2 is 1.64 bits per heavy atom. The topological polar surface area (TPSA) is 113 Å². The molecule has 3 atom stereocenters. The van der Waals surface area contributed by atoms with Gasteiger partial charge in [-0.3, -0.25) is 19.7 Å². The van der Waals surface area contributed by atoms with Gasteiger partial charge < -0.3 is 9.80 Å². The number of nitro groups is 1. The van der Waals surface area contributed by atoms with Gasteiger partial charge in [0, 0.05) is 44.6 Å². The van der Waals surface area contributed by atoms with Crippen LogP contribution in [0.3, 0.4) is 0 Å². The number of imide groups is 1. The molecule has 0 N–H and O–H groups in total. The maximum atomic E-state index is 13.0. The first-order valence-electron chi connectivity index (χ1n) is 11.4. The zero-order valence-electron chi connectivity index (χ0n) is 18.5. The van der Waals surface area contributed by atoms with E-state index >= 15 is 0 Å². The van der Waals surface area contributed by atoms with E-state index < -0.39 is 4.92 Å². The van der Waals surface area contributed by atoms with Crippen LogP contribution in [0.4, 0.5) is 23.0 Å². The summed E-state index contributed by atoms with van der Waals surface area (Å²) in [5.74, 6) is -0.0251. The van der Waals surface area contributed by atoms with Crippen molar-refractivity contribution in [3.8, 4) is 0 Å². The molecule has 10 heteroatoms. The SMILES string of the molecule is C[C@@H]1CC[C@@H]2C(=O)N(c3ccc(N4CCN(c5ncccn5)CC4)c([N+](=O)[O-])c3)C(=O)[C@H]2C1. The van der Waals surface area contributed by atoms with E-state index in [0.29, 0.717) is 62.3 Å². The number of amides is 2. The van der Waals surface area contributed by atoms with Gasteiger partial charge in [-0.25, -0.2) is 14.9 Å². The maximum absolute atomic E-state index is 13.0. The van der Waals surface area contributed by atoms with Gasteiger partial charge in [0.25, 0.3) is 5.69 Å². The van der Waals surface area contributed by atoms with Crippen LogP contribution in [0.2, 0.25) is 0 Å². The lowest BCUT2D eigenvalue weighted by Crippen LogP contribution is -2.47. The van der Waals surface area contributed by atoms with E-state index in [4.69, 9.17) is 0 Å². The fourth-order valence-electron chi connectivity index (χ4n) is 5.31. The lowest BCUT2D eigenvalue weighted by atomic mass is 9.76. The zero-order valence-corrected chi connectivity index (χ0v) is 18.5. The van der Waals surface area contributed by atoms with E-state index in [0.717, 1.165) is 6.42 Å². The van der Waals surface area contributed by atoms with Crippen LogP contribution in [0, 0.1) is 27.9 Å². The normalized spacial score (nSPS) is 25.4. The molecule has 1 aromatic heterocycles. The molecule has 1 aromatic carbocycles. The van der Waals surface area contributed by atoms with E-state index in [1.807, 2.05) is 9.80 Å². The average molecular weight is 450 g/mol. The van der Waals surface area contributed by atoms with Gasteiger partial charge in [-0.15, -0.1) is 0 Å². The largest absolute Gasteiger partial charge is 0.362 e. The highest BCUT2D eigenvalue weighted by atomic mass is 16.6. The molecular formula is C23H26N6O4. The van der Waals surface area contributed by atoms with E-state index in [1.165, 1.54) is 11.0 Å². The third-order valence-electron chi connectivity index (χ3n) is 7.06. The number of benzene rings is 1. The van der Waals surface area contributed by atoms with Gasteiger partial charge in [0.2, 0.25) is 17.8 Å². The summed E-state index contributed by atoms with van der Waals surface area (Å²) in [4.78, 5) is 51.3. The van der Waals surface area contributed by atoms with Crippen molar-refractivity contribution in [2.45, 2.75) is 26.2 Å². The number of fused-ring (bicyclic) bond motifs is 1. The second-order valence-corrected chi connectivity index (χ2v) is 9.10. The van der Waals surface area contributed by atoms with Crippen LogP contribution in [0.1, 0.15) is 26.2 Å². The number of nitro benzene ring substituents is 1. The predicted molar refractivity (Wildman–Crippen MR) is 122 cm³/mol. The van der Waals surface area contributed by atoms with Gasteiger partial charge in [-0.05, 0) is 43.4 Å². The zero-order chi connectivity index (χ0) is 23.1. The summed E-state index contributed by atoms with van der Waals surface area (Å²) in [5, 5.41) is 11.9. The molecule has 3 fully saturated rings. The third kappa shape index (κ3) is 3.79. The van der Waals surface area contributed by atoms with Crippen molar-refractivity contribution in [1.29, 1.82) is 0 Å². The summed E-state index contributed by atoms with van der Waals surface area (Å²) < 4.78 is 0. The van der Waals surface area contributed by atoms with Crippen molar-refractivity contribution in [3.63, 3.8) is 0 Å². The van der Waals surface area contributed by atoms with Crippen LogP contribution in [0.25, 0.3) is 0 Å². The molecule has 0 spiro atoms. The molecule has 1 saturated carbocycles. The van der Waals surface area contributed by atoms with Crippen molar-refractivity contribution in [1.82, 2.24) is 9.97 Å². The first-order chi connectivity index (χ1) is 15.9. The highest BCUT2D eigenvalue weighted by Crippen LogP contribution is 2.43. The number of hydrogen-bond acceptors (Lipinski definition) is 8. The summed E-state index contributed by atoms with van der Waals surface area (Å²) in [7, 11) is 0. The quantitative estimate of drug-likeness (QED) is 0.397.